The molecule has 1 fully saturated rings. The number of hydrogen-bond acceptors (Lipinski definition) is 7. The van der Waals surface area contributed by atoms with Crippen molar-refractivity contribution in [3.8, 4) is 0 Å². The highest BCUT2D eigenvalue weighted by Crippen LogP contribution is 2.30. The summed E-state index contributed by atoms with van der Waals surface area (Å²) in [4.78, 5) is 52.4. The highest BCUT2D eigenvalue weighted by molar-refractivity contribution is 5.98. The zero-order valence-electron chi connectivity index (χ0n) is 26.1. The molecule has 1 aliphatic heterocycles. The zero-order chi connectivity index (χ0) is 32.4. The van der Waals surface area contributed by atoms with E-state index in [2.05, 4.69) is 10.6 Å². The molecule has 1 saturated heterocycles. The Kier molecular flexibility index (Phi) is 11.3. The van der Waals surface area contributed by atoms with Crippen LogP contribution in [0.4, 0.5) is 15.3 Å². The lowest BCUT2D eigenvalue weighted by Crippen LogP contribution is -2.52. The fourth-order valence-corrected chi connectivity index (χ4v) is 5.35. The number of carbonyl (C=O) groups excluding carboxylic acids is 4. The maximum Gasteiger partial charge on any atom is 0.410 e. The van der Waals surface area contributed by atoms with Gasteiger partial charge in [-0.2, -0.15) is 0 Å². The van der Waals surface area contributed by atoms with Crippen LogP contribution in [0.3, 0.4) is 0 Å². The topological polar surface area (TPSA) is 123 Å². The minimum Gasteiger partial charge on any atom is -0.453 e. The summed E-state index contributed by atoms with van der Waals surface area (Å²) in [5.41, 5.74) is 2.44. The molecule has 2 N–H and O–H groups in total. The molecule has 3 atom stereocenters. The first kappa shape index (κ1) is 33.2. The number of rotatable bonds is 10. The molecular weight excluding hydrogens is 574 g/mol. The Bertz CT molecular complexity index is 1400. The number of methoxy groups -OCH3 is 1. The summed E-state index contributed by atoms with van der Waals surface area (Å²) in [5, 5.41) is 5.78. The van der Waals surface area contributed by atoms with Crippen molar-refractivity contribution in [1.82, 2.24) is 10.2 Å². The second kappa shape index (κ2) is 15.3. The van der Waals surface area contributed by atoms with E-state index < -0.39 is 47.9 Å². The Balaban J connectivity index is 1.54. The third-order valence-electron chi connectivity index (χ3n) is 7.40. The Labute approximate surface area is 264 Å². The van der Waals surface area contributed by atoms with Crippen LogP contribution < -0.4 is 10.6 Å². The van der Waals surface area contributed by atoms with E-state index in [0.717, 1.165) is 16.7 Å². The number of carbonyl (C=O) groups is 4. The third-order valence-corrected chi connectivity index (χ3v) is 7.40. The van der Waals surface area contributed by atoms with Crippen molar-refractivity contribution in [2.45, 2.75) is 63.4 Å². The van der Waals surface area contributed by atoms with Crippen LogP contribution >= 0.6 is 0 Å². The number of ether oxygens (including phenoxy) is 3. The molecule has 1 aliphatic rings. The fraction of sp³-hybridized carbons (Fsp3) is 0.371. The molecular formula is C35H41N3O7. The van der Waals surface area contributed by atoms with Gasteiger partial charge in [-0.15, -0.1) is 0 Å². The number of amides is 3. The van der Waals surface area contributed by atoms with E-state index in [1.165, 1.54) is 12.0 Å². The molecule has 3 amide bonds. The minimum atomic E-state index is -1.01. The number of aryl methyl sites for hydroxylation is 1. The molecule has 3 aromatic rings. The summed E-state index contributed by atoms with van der Waals surface area (Å²) in [7, 11) is 1.26. The maximum atomic E-state index is 14.0. The van der Waals surface area contributed by atoms with Crippen LogP contribution in [0.2, 0.25) is 0 Å². The molecule has 45 heavy (non-hydrogen) atoms. The fourth-order valence-electron chi connectivity index (χ4n) is 5.35. The van der Waals surface area contributed by atoms with E-state index in [4.69, 9.17) is 14.2 Å². The summed E-state index contributed by atoms with van der Waals surface area (Å²) < 4.78 is 16.4. The van der Waals surface area contributed by atoms with Gasteiger partial charge in [0.15, 0.2) is 6.29 Å². The SMILES string of the molecule is COC(=O)N[C@H](C(=O)Nc1ccccc1CC[C@@H]1CN(C(=O)OC(C)(C)C)C[C@@H](C=O)O1)C(c1ccccc1)c1ccccc1. The Hall–Kier alpha value is -4.70. The van der Waals surface area contributed by atoms with Crippen molar-refractivity contribution in [1.29, 1.82) is 0 Å². The molecule has 0 aliphatic carbocycles. The van der Waals surface area contributed by atoms with Gasteiger partial charge in [0.25, 0.3) is 0 Å². The van der Waals surface area contributed by atoms with Crippen molar-refractivity contribution in [3.05, 3.63) is 102 Å². The average molecular weight is 616 g/mol. The number of morpholine rings is 1. The normalized spacial score (nSPS) is 17.2. The number of anilines is 1. The number of para-hydroxylation sites is 1. The molecule has 10 heteroatoms. The van der Waals surface area contributed by atoms with Crippen LogP contribution in [-0.4, -0.2) is 73.3 Å². The lowest BCUT2D eigenvalue weighted by atomic mass is 9.84. The van der Waals surface area contributed by atoms with Gasteiger partial charge in [-0.05, 0) is 56.4 Å². The van der Waals surface area contributed by atoms with E-state index in [1.807, 2.05) is 78.9 Å². The van der Waals surface area contributed by atoms with Crippen LogP contribution in [0.25, 0.3) is 0 Å². The van der Waals surface area contributed by atoms with Gasteiger partial charge in [0.2, 0.25) is 5.91 Å². The molecule has 10 nitrogen and oxygen atoms in total. The molecule has 0 bridgehead atoms. The average Bonchev–Trinajstić information content (AvgIpc) is 3.04. The van der Waals surface area contributed by atoms with E-state index in [9.17, 15) is 19.2 Å². The molecule has 0 aromatic heterocycles. The largest absolute Gasteiger partial charge is 0.453 e. The number of hydrogen-bond donors (Lipinski definition) is 2. The Morgan fingerprint density at radius 3 is 2.11 bits per heavy atom. The van der Waals surface area contributed by atoms with Gasteiger partial charge >= 0.3 is 12.2 Å². The first-order chi connectivity index (χ1) is 21.6. The van der Waals surface area contributed by atoms with Gasteiger partial charge in [0.05, 0.1) is 26.3 Å². The molecule has 0 radical (unpaired) electrons. The Morgan fingerprint density at radius 1 is 0.933 bits per heavy atom. The highest BCUT2D eigenvalue weighted by Gasteiger charge is 2.35. The standard InChI is InChI=1S/C35H41N3O7/c1-35(2,3)45-34(42)38-21-27(44-28(22-38)23-39)20-19-24-13-11-12-18-29(24)36-32(40)31(37-33(41)43-4)30(25-14-7-5-8-15-25)26-16-9-6-10-17-26/h5-18,23,27-28,30-31H,19-22H2,1-4H3,(H,36,40)(H,37,41)/t27-,28+,31+/m1/s1. The second-order valence-electron chi connectivity index (χ2n) is 11.9. The van der Waals surface area contributed by atoms with E-state index in [0.29, 0.717) is 24.8 Å². The number of aldehydes is 1. The van der Waals surface area contributed by atoms with Crippen LogP contribution in [0.1, 0.15) is 49.8 Å². The summed E-state index contributed by atoms with van der Waals surface area (Å²) in [6.07, 6.45) is -0.729. The van der Waals surface area contributed by atoms with E-state index in [1.54, 1.807) is 26.8 Å². The molecule has 0 unspecified atom stereocenters. The predicted molar refractivity (Wildman–Crippen MR) is 170 cm³/mol. The van der Waals surface area contributed by atoms with Gasteiger partial charge in [-0.3, -0.25) is 4.79 Å². The third kappa shape index (κ3) is 9.39. The van der Waals surface area contributed by atoms with Crippen LogP contribution in [-0.2, 0) is 30.2 Å². The van der Waals surface area contributed by atoms with Crippen molar-refractivity contribution in [3.63, 3.8) is 0 Å². The van der Waals surface area contributed by atoms with Crippen molar-refractivity contribution in [2.75, 3.05) is 25.5 Å². The zero-order valence-corrected chi connectivity index (χ0v) is 26.1. The van der Waals surface area contributed by atoms with Crippen molar-refractivity contribution in [2.24, 2.45) is 0 Å². The lowest BCUT2D eigenvalue weighted by Gasteiger charge is -2.37. The smallest absolute Gasteiger partial charge is 0.410 e. The number of benzene rings is 3. The maximum absolute atomic E-state index is 14.0. The molecule has 0 saturated carbocycles. The van der Waals surface area contributed by atoms with E-state index >= 15 is 0 Å². The van der Waals surface area contributed by atoms with Crippen LogP contribution in [0.5, 0.6) is 0 Å². The number of alkyl carbamates (subject to hydrolysis) is 1. The molecule has 0 spiro atoms. The van der Waals surface area contributed by atoms with Crippen molar-refractivity contribution >= 4 is 30.1 Å². The van der Waals surface area contributed by atoms with E-state index in [-0.39, 0.29) is 13.1 Å². The van der Waals surface area contributed by atoms with Crippen LogP contribution in [0.15, 0.2) is 84.9 Å². The van der Waals surface area contributed by atoms with Gasteiger partial charge in [0.1, 0.15) is 17.7 Å². The number of nitrogens with one attached hydrogen (secondary N) is 2. The minimum absolute atomic E-state index is 0.125. The summed E-state index contributed by atoms with van der Waals surface area (Å²) in [6, 6.07) is 25.4. The quantitative estimate of drug-likeness (QED) is 0.296. The van der Waals surface area contributed by atoms with Crippen molar-refractivity contribution < 1.29 is 33.4 Å². The number of nitrogens with zero attached hydrogens (tertiary/aromatic N) is 1. The molecule has 238 valence electrons. The van der Waals surface area contributed by atoms with Gasteiger partial charge in [0, 0.05) is 11.6 Å². The first-order valence-corrected chi connectivity index (χ1v) is 15.0. The van der Waals surface area contributed by atoms with Gasteiger partial charge in [-0.25, -0.2) is 9.59 Å². The predicted octanol–water partition coefficient (Wildman–Crippen LogP) is 5.32. The molecule has 1 heterocycles. The second-order valence-corrected chi connectivity index (χ2v) is 11.9. The van der Waals surface area contributed by atoms with Crippen LogP contribution in [0, 0.1) is 0 Å². The van der Waals surface area contributed by atoms with Gasteiger partial charge < -0.3 is 34.5 Å². The Morgan fingerprint density at radius 2 is 1.53 bits per heavy atom. The first-order valence-electron chi connectivity index (χ1n) is 15.0. The summed E-state index contributed by atoms with van der Waals surface area (Å²) >= 11 is 0. The molecule has 3 aromatic carbocycles. The lowest BCUT2D eigenvalue weighted by molar-refractivity contribution is -0.132. The monoisotopic (exact) mass is 615 g/mol. The highest BCUT2D eigenvalue weighted by atomic mass is 16.6. The summed E-state index contributed by atoms with van der Waals surface area (Å²) in [6.45, 7) is 5.77. The summed E-state index contributed by atoms with van der Waals surface area (Å²) in [5.74, 6) is -0.926. The van der Waals surface area contributed by atoms with Gasteiger partial charge in [-0.1, -0.05) is 78.9 Å². The molecule has 4 rings (SSSR count).